The SMILES string of the molecule is O=C(O)c1ccc(S(=O)(=O)O)cc1.[Ag]. The topological polar surface area (TPSA) is 91.7 Å². The van der Waals surface area contributed by atoms with Gasteiger partial charge in [-0.25, -0.2) is 4.79 Å². The third-order valence-corrected chi connectivity index (χ3v) is 2.27. The molecule has 0 fully saturated rings. The summed E-state index contributed by atoms with van der Waals surface area (Å²) in [6, 6.07) is 4.26. The summed E-state index contributed by atoms with van der Waals surface area (Å²) in [5.74, 6) is -1.15. The van der Waals surface area contributed by atoms with Gasteiger partial charge in [0.1, 0.15) is 0 Å². The summed E-state index contributed by atoms with van der Waals surface area (Å²) in [7, 11) is -4.24. The van der Waals surface area contributed by atoms with Crippen molar-refractivity contribution in [3.8, 4) is 0 Å². The van der Waals surface area contributed by atoms with Crippen molar-refractivity contribution in [3.05, 3.63) is 29.8 Å². The average Bonchev–Trinajstić information content (AvgIpc) is 2.03. The van der Waals surface area contributed by atoms with Crippen molar-refractivity contribution in [1.82, 2.24) is 0 Å². The Morgan fingerprint density at radius 2 is 1.57 bits per heavy atom. The van der Waals surface area contributed by atoms with Crippen LogP contribution in [0.1, 0.15) is 10.4 Å². The molecule has 0 saturated heterocycles. The number of carboxylic acids is 1. The van der Waals surface area contributed by atoms with Crippen LogP contribution in [-0.2, 0) is 32.5 Å². The molecule has 0 unspecified atom stereocenters. The van der Waals surface area contributed by atoms with Gasteiger partial charge in [0.2, 0.25) is 0 Å². The zero-order chi connectivity index (χ0) is 10.1. The van der Waals surface area contributed by atoms with Crippen molar-refractivity contribution >= 4 is 16.1 Å². The van der Waals surface area contributed by atoms with Gasteiger partial charge in [-0.2, -0.15) is 8.42 Å². The van der Waals surface area contributed by atoms with E-state index in [-0.39, 0.29) is 32.8 Å². The minimum absolute atomic E-state index is 0. The van der Waals surface area contributed by atoms with E-state index in [0.29, 0.717) is 0 Å². The molecule has 81 valence electrons. The summed E-state index contributed by atoms with van der Waals surface area (Å²) < 4.78 is 29.6. The number of carbonyl (C=O) groups is 1. The summed E-state index contributed by atoms with van der Waals surface area (Å²) in [5, 5.41) is 8.47. The van der Waals surface area contributed by atoms with Gasteiger partial charge in [0.15, 0.2) is 0 Å². The fourth-order valence-corrected chi connectivity index (χ4v) is 1.25. The molecule has 2 N–H and O–H groups in total. The van der Waals surface area contributed by atoms with Crippen LogP contribution >= 0.6 is 0 Å². The molecule has 14 heavy (non-hydrogen) atoms. The molecule has 1 aromatic carbocycles. The zero-order valence-corrected chi connectivity index (χ0v) is 8.94. The molecule has 7 heteroatoms. The summed E-state index contributed by atoms with van der Waals surface area (Å²) in [6.45, 7) is 0. The molecule has 1 aromatic rings. The number of carboxylic acid groups (broad SMARTS) is 1. The van der Waals surface area contributed by atoms with Crippen molar-refractivity contribution in [2.24, 2.45) is 0 Å². The van der Waals surface area contributed by atoms with Crippen LogP contribution in [0.5, 0.6) is 0 Å². The number of rotatable bonds is 2. The van der Waals surface area contributed by atoms with Gasteiger partial charge in [-0.15, -0.1) is 0 Å². The first-order valence-corrected chi connectivity index (χ1v) is 4.66. The molecule has 0 heterocycles. The molecule has 0 atom stereocenters. The maximum Gasteiger partial charge on any atom is 0.335 e. The van der Waals surface area contributed by atoms with Crippen LogP contribution < -0.4 is 0 Å². The molecule has 0 aromatic heterocycles. The maximum atomic E-state index is 10.5. The van der Waals surface area contributed by atoms with E-state index in [2.05, 4.69) is 0 Å². The molecular weight excluding hydrogens is 304 g/mol. The quantitative estimate of drug-likeness (QED) is 0.617. The molecule has 0 spiro atoms. The van der Waals surface area contributed by atoms with Crippen molar-refractivity contribution in [2.75, 3.05) is 0 Å². The van der Waals surface area contributed by atoms with Gasteiger partial charge < -0.3 is 5.11 Å². The Morgan fingerprint density at radius 1 is 1.14 bits per heavy atom. The first-order chi connectivity index (χ1) is 5.91. The normalized spacial score (nSPS) is 10.4. The summed E-state index contributed by atoms with van der Waals surface area (Å²) >= 11 is 0. The van der Waals surface area contributed by atoms with E-state index in [9.17, 15) is 13.2 Å². The first-order valence-electron chi connectivity index (χ1n) is 3.22. The Bertz CT molecular complexity index is 422. The number of hydrogen-bond acceptors (Lipinski definition) is 3. The Hall–Kier alpha value is -0.660. The Morgan fingerprint density at radius 3 is 1.86 bits per heavy atom. The van der Waals surface area contributed by atoms with E-state index in [1.54, 1.807) is 0 Å². The standard InChI is InChI=1S/C7H6O5S.Ag/c8-7(9)5-1-3-6(4-2-5)13(10,11)12;/h1-4H,(H,8,9)(H,10,11,12);. The van der Waals surface area contributed by atoms with E-state index in [1.807, 2.05) is 0 Å². The Balaban J connectivity index is 0.00000169. The molecule has 0 amide bonds. The molecule has 5 nitrogen and oxygen atoms in total. The maximum absolute atomic E-state index is 10.5. The molecular formula is C7H6AgO5S. The number of aromatic carboxylic acids is 1. The second-order valence-corrected chi connectivity index (χ2v) is 3.73. The molecule has 0 aliphatic rings. The monoisotopic (exact) mass is 309 g/mol. The van der Waals surface area contributed by atoms with Crippen LogP contribution in [0.25, 0.3) is 0 Å². The number of hydrogen-bond donors (Lipinski definition) is 2. The number of benzene rings is 1. The summed E-state index contributed by atoms with van der Waals surface area (Å²) in [4.78, 5) is 10.0. The van der Waals surface area contributed by atoms with Crippen LogP contribution in [0.15, 0.2) is 29.2 Å². The molecule has 1 rings (SSSR count). The molecule has 0 saturated carbocycles. The molecule has 0 bridgehead atoms. The van der Waals surface area contributed by atoms with Gasteiger partial charge >= 0.3 is 5.97 Å². The van der Waals surface area contributed by atoms with Gasteiger partial charge in [-0.05, 0) is 24.3 Å². The second-order valence-electron chi connectivity index (χ2n) is 2.30. The van der Waals surface area contributed by atoms with Crippen LogP contribution in [-0.4, -0.2) is 24.0 Å². The fourth-order valence-electron chi connectivity index (χ4n) is 0.769. The first kappa shape index (κ1) is 13.3. The summed E-state index contributed by atoms with van der Waals surface area (Å²) in [5.41, 5.74) is -0.0348. The smallest absolute Gasteiger partial charge is 0.335 e. The van der Waals surface area contributed by atoms with E-state index in [4.69, 9.17) is 9.66 Å². The fraction of sp³-hybridized carbons (Fsp3) is 0. The van der Waals surface area contributed by atoms with E-state index in [1.165, 1.54) is 0 Å². The Kier molecular flexibility index (Phi) is 4.50. The third kappa shape index (κ3) is 3.24. The largest absolute Gasteiger partial charge is 0.478 e. The van der Waals surface area contributed by atoms with Crippen LogP contribution in [0, 0.1) is 0 Å². The third-order valence-electron chi connectivity index (χ3n) is 1.40. The molecule has 0 aliphatic heterocycles. The van der Waals surface area contributed by atoms with Gasteiger partial charge in [-0.1, -0.05) is 0 Å². The van der Waals surface area contributed by atoms with Crippen LogP contribution in [0.4, 0.5) is 0 Å². The molecule has 0 aliphatic carbocycles. The average molecular weight is 310 g/mol. The minimum Gasteiger partial charge on any atom is -0.478 e. The van der Waals surface area contributed by atoms with E-state index < -0.39 is 16.1 Å². The van der Waals surface area contributed by atoms with Crippen molar-refractivity contribution in [1.29, 1.82) is 0 Å². The van der Waals surface area contributed by atoms with Crippen LogP contribution in [0.3, 0.4) is 0 Å². The Labute approximate surface area is 96.0 Å². The summed E-state index contributed by atoms with van der Waals surface area (Å²) in [6.07, 6.45) is 0. The molecule has 1 radical (unpaired) electrons. The minimum atomic E-state index is -4.24. The van der Waals surface area contributed by atoms with Crippen LogP contribution in [0.2, 0.25) is 0 Å². The second kappa shape index (κ2) is 4.72. The van der Waals surface area contributed by atoms with Gasteiger partial charge in [0.05, 0.1) is 10.5 Å². The van der Waals surface area contributed by atoms with Crippen molar-refractivity contribution in [2.45, 2.75) is 4.90 Å². The van der Waals surface area contributed by atoms with Crippen molar-refractivity contribution in [3.63, 3.8) is 0 Å². The predicted octanol–water partition coefficient (Wildman–Crippen LogP) is 0.629. The van der Waals surface area contributed by atoms with E-state index >= 15 is 0 Å². The van der Waals surface area contributed by atoms with E-state index in [0.717, 1.165) is 24.3 Å². The van der Waals surface area contributed by atoms with Gasteiger partial charge in [-0.3, -0.25) is 4.55 Å². The van der Waals surface area contributed by atoms with Gasteiger partial charge in [0.25, 0.3) is 10.1 Å². The zero-order valence-electron chi connectivity index (χ0n) is 6.64. The van der Waals surface area contributed by atoms with Crippen molar-refractivity contribution < 1.29 is 45.3 Å². The predicted molar refractivity (Wildman–Crippen MR) is 43.2 cm³/mol. The van der Waals surface area contributed by atoms with Gasteiger partial charge in [0, 0.05) is 22.4 Å².